The van der Waals surface area contributed by atoms with Crippen molar-refractivity contribution in [3.8, 4) is 0 Å². The molecule has 0 aromatic heterocycles. The molecule has 0 saturated carbocycles. The first-order valence-corrected chi connectivity index (χ1v) is 9.75. The molecule has 1 N–H and O–H groups in total. The van der Waals surface area contributed by atoms with Gasteiger partial charge in [0.1, 0.15) is 5.82 Å². The van der Waals surface area contributed by atoms with Crippen LogP contribution in [0.3, 0.4) is 0 Å². The monoisotopic (exact) mass is 483 g/mol. The number of benzene rings is 1. The van der Waals surface area contributed by atoms with E-state index in [1.165, 1.54) is 12.1 Å². The van der Waals surface area contributed by atoms with Gasteiger partial charge in [-0.1, -0.05) is 19.1 Å². The van der Waals surface area contributed by atoms with Crippen LogP contribution in [0.1, 0.15) is 32.3 Å². The molecule has 0 aliphatic carbocycles. The highest BCUT2D eigenvalue weighted by Crippen LogP contribution is 2.24. The van der Waals surface area contributed by atoms with Crippen molar-refractivity contribution in [2.75, 3.05) is 32.4 Å². The van der Waals surface area contributed by atoms with Crippen molar-refractivity contribution in [3.63, 3.8) is 0 Å². The minimum atomic E-state index is -3.07. The number of halogens is 2. The zero-order chi connectivity index (χ0) is 18.0. The Kier molecular flexibility index (Phi) is 7.67. The third-order valence-corrected chi connectivity index (χ3v) is 7.09. The van der Waals surface area contributed by atoms with Crippen LogP contribution in [-0.2, 0) is 9.84 Å². The summed E-state index contributed by atoms with van der Waals surface area (Å²) in [6.07, 6.45) is 0. The second-order valence-corrected chi connectivity index (χ2v) is 9.62. The third-order valence-electron chi connectivity index (χ3n) is 4.56. The van der Waals surface area contributed by atoms with Gasteiger partial charge in [0.25, 0.3) is 0 Å². The maximum absolute atomic E-state index is 13.0. The van der Waals surface area contributed by atoms with Gasteiger partial charge in [0.2, 0.25) is 0 Å². The summed E-state index contributed by atoms with van der Waals surface area (Å²) >= 11 is 0. The molecule has 25 heavy (non-hydrogen) atoms. The molecule has 8 heteroatoms. The number of guanidine groups is 1. The average Bonchev–Trinajstić information content (AvgIpc) is 2.51. The number of aliphatic imine (C=N–C) groups is 1. The zero-order valence-electron chi connectivity index (χ0n) is 15.1. The first-order valence-electron chi connectivity index (χ1n) is 8.09. The second-order valence-electron chi connectivity index (χ2n) is 6.88. The Morgan fingerprint density at radius 3 is 2.48 bits per heavy atom. The van der Waals surface area contributed by atoms with Crippen molar-refractivity contribution in [3.05, 3.63) is 35.6 Å². The van der Waals surface area contributed by atoms with Crippen LogP contribution in [0.2, 0.25) is 0 Å². The number of rotatable bonds is 3. The molecular formula is C17H27FIN3O2S. The molecule has 1 aromatic carbocycles. The Morgan fingerprint density at radius 2 is 1.96 bits per heavy atom. The average molecular weight is 483 g/mol. The van der Waals surface area contributed by atoms with E-state index in [1.54, 1.807) is 33.0 Å². The molecular weight excluding hydrogens is 456 g/mol. The number of hydrogen-bond acceptors (Lipinski definition) is 3. The van der Waals surface area contributed by atoms with Gasteiger partial charge < -0.3 is 10.2 Å². The van der Waals surface area contributed by atoms with Gasteiger partial charge in [-0.3, -0.25) is 4.99 Å². The Labute approximate surface area is 167 Å². The molecule has 0 spiro atoms. The van der Waals surface area contributed by atoms with Gasteiger partial charge in [-0.25, -0.2) is 12.8 Å². The molecule has 1 fully saturated rings. The lowest BCUT2D eigenvalue weighted by Crippen LogP contribution is -2.57. The predicted molar refractivity (Wildman–Crippen MR) is 111 cm³/mol. The normalized spacial score (nSPS) is 20.5. The number of sulfone groups is 1. The fourth-order valence-corrected chi connectivity index (χ4v) is 4.18. The molecule has 0 bridgehead atoms. The van der Waals surface area contributed by atoms with Gasteiger partial charge >= 0.3 is 0 Å². The first-order chi connectivity index (χ1) is 11.2. The molecule has 1 aliphatic rings. The summed E-state index contributed by atoms with van der Waals surface area (Å²) in [4.78, 5) is 6.27. The van der Waals surface area contributed by atoms with E-state index in [1.807, 2.05) is 4.90 Å². The molecule has 1 aromatic rings. The van der Waals surface area contributed by atoms with Crippen LogP contribution in [0.5, 0.6) is 0 Å². The Morgan fingerprint density at radius 1 is 1.36 bits per heavy atom. The SMILES string of the molecule is CN=C(NCC(C)c1ccc(F)cc1)N1CCS(=O)(=O)C(C)(C)C1.I. The van der Waals surface area contributed by atoms with Crippen LogP contribution in [0.25, 0.3) is 0 Å². The molecule has 0 radical (unpaired) electrons. The maximum Gasteiger partial charge on any atom is 0.193 e. The van der Waals surface area contributed by atoms with Gasteiger partial charge in [0.05, 0.1) is 10.5 Å². The quantitative estimate of drug-likeness (QED) is 0.408. The minimum absolute atomic E-state index is 0. The van der Waals surface area contributed by atoms with Crippen molar-refractivity contribution < 1.29 is 12.8 Å². The van der Waals surface area contributed by atoms with E-state index in [0.717, 1.165) is 5.56 Å². The standard InChI is InChI=1S/C17H26FN3O2S.HI/c1-13(14-5-7-15(18)8-6-14)11-20-16(19-4)21-9-10-24(22,23)17(2,3)12-21;/h5-8,13H,9-12H2,1-4H3,(H,19,20);1H. The van der Waals surface area contributed by atoms with Crippen molar-refractivity contribution in [1.82, 2.24) is 10.2 Å². The van der Waals surface area contributed by atoms with Crippen LogP contribution in [0, 0.1) is 5.82 Å². The highest BCUT2D eigenvalue weighted by atomic mass is 127. The lowest BCUT2D eigenvalue weighted by atomic mass is 10.0. The van der Waals surface area contributed by atoms with E-state index >= 15 is 0 Å². The third kappa shape index (κ3) is 5.29. The van der Waals surface area contributed by atoms with Gasteiger partial charge in [-0.05, 0) is 37.5 Å². The largest absolute Gasteiger partial charge is 0.356 e. The first kappa shape index (κ1) is 22.1. The highest BCUT2D eigenvalue weighted by Gasteiger charge is 2.40. The zero-order valence-corrected chi connectivity index (χ0v) is 18.3. The molecule has 2 rings (SSSR count). The lowest BCUT2D eigenvalue weighted by molar-refractivity contribution is 0.352. The minimum Gasteiger partial charge on any atom is -0.356 e. The summed E-state index contributed by atoms with van der Waals surface area (Å²) < 4.78 is 36.5. The van der Waals surface area contributed by atoms with Crippen molar-refractivity contribution >= 4 is 39.8 Å². The second kappa shape index (κ2) is 8.66. The number of nitrogens with zero attached hydrogens (tertiary/aromatic N) is 2. The Bertz CT molecular complexity index is 705. The molecule has 5 nitrogen and oxygen atoms in total. The fourth-order valence-electron chi connectivity index (χ4n) is 2.81. The fraction of sp³-hybridized carbons (Fsp3) is 0.588. The van der Waals surface area contributed by atoms with E-state index in [-0.39, 0.29) is 41.5 Å². The summed E-state index contributed by atoms with van der Waals surface area (Å²) in [5.41, 5.74) is 1.04. The molecule has 1 atom stereocenters. The number of nitrogens with one attached hydrogen (secondary N) is 1. The van der Waals surface area contributed by atoms with E-state index in [0.29, 0.717) is 25.6 Å². The predicted octanol–water partition coefficient (Wildman–Crippen LogP) is 2.63. The Hall–Kier alpha value is -0.900. The summed E-state index contributed by atoms with van der Waals surface area (Å²) in [6.45, 7) is 7.06. The van der Waals surface area contributed by atoms with Gasteiger partial charge in [0, 0.05) is 26.7 Å². The van der Waals surface area contributed by atoms with Crippen LogP contribution in [-0.4, -0.2) is 56.5 Å². The highest BCUT2D eigenvalue weighted by molar-refractivity contribution is 14.0. The smallest absolute Gasteiger partial charge is 0.193 e. The Balaban J connectivity index is 0.00000312. The molecule has 142 valence electrons. The maximum atomic E-state index is 13.0. The van der Waals surface area contributed by atoms with Crippen molar-refractivity contribution in [1.29, 1.82) is 0 Å². The summed E-state index contributed by atoms with van der Waals surface area (Å²) in [5, 5.41) is 3.30. The molecule has 0 amide bonds. The van der Waals surface area contributed by atoms with E-state index in [2.05, 4.69) is 17.2 Å². The lowest BCUT2D eigenvalue weighted by Gasteiger charge is -2.39. The van der Waals surface area contributed by atoms with E-state index in [4.69, 9.17) is 0 Å². The van der Waals surface area contributed by atoms with Crippen molar-refractivity contribution in [2.45, 2.75) is 31.4 Å². The van der Waals surface area contributed by atoms with E-state index in [9.17, 15) is 12.8 Å². The van der Waals surface area contributed by atoms with Gasteiger partial charge in [-0.15, -0.1) is 24.0 Å². The summed E-state index contributed by atoms with van der Waals surface area (Å²) in [7, 11) is -1.38. The molecule has 1 aliphatic heterocycles. The topological polar surface area (TPSA) is 61.8 Å². The van der Waals surface area contributed by atoms with Crippen LogP contribution in [0.15, 0.2) is 29.3 Å². The molecule has 1 unspecified atom stereocenters. The molecule has 1 saturated heterocycles. The van der Waals surface area contributed by atoms with Crippen LogP contribution < -0.4 is 5.32 Å². The van der Waals surface area contributed by atoms with Gasteiger partial charge in [0.15, 0.2) is 15.8 Å². The summed E-state index contributed by atoms with van der Waals surface area (Å²) in [5.74, 6) is 0.774. The van der Waals surface area contributed by atoms with Crippen molar-refractivity contribution in [2.24, 2.45) is 4.99 Å². The number of hydrogen-bond donors (Lipinski definition) is 1. The van der Waals surface area contributed by atoms with Crippen LogP contribution in [0.4, 0.5) is 4.39 Å². The van der Waals surface area contributed by atoms with E-state index < -0.39 is 14.6 Å². The molecule has 1 heterocycles. The summed E-state index contributed by atoms with van der Waals surface area (Å²) in [6, 6.07) is 6.47. The van der Waals surface area contributed by atoms with Crippen LogP contribution >= 0.6 is 24.0 Å². The van der Waals surface area contributed by atoms with Gasteiger partial charge in [-0.2, -0.15) is 0 Å².